The van der Waals surface area contributed by atoms with Crippen LogP contribution in [0.5, 0.6) is 0 Å². The first-order valence-electron chi connectivity index (χ1n) is 10.4. The van der Waals surface area contributed by atoms with Crippen molar-refractivity contribution >= 4 is 24.7 Å². The van der Waals surface area contributed by atoms with Crippen LogP contribution >= 0.6 is 0 Å². The van der Waals surface area contributed by atoms with E-state index in [0.717, 1.165) is 22.4 Å². The first kappa shape index (κ1) is 21.8. The normalized spacial score (nSPS) is 11.9. The fourth-order valence-corrected chi connectivity index (χ4v) is 9.96. The molecule has 0 radical (unpaired) electrons. The highest BCUT2D eigenvalue weighted by molar-refractivity contribution is 6.90. The van der Waals surface area contributed by atoms with Gasteiger partial charge in [0.2, 0.25) is 0 Å². The first-order chi connectivity index (χ1) is 14.2. The molecule has 0 fully saturated rings. The van der Waals surface area contributed by atoms with Gasteiger partial charge in [0.25, 0.3) is 5.69 Å². The molecule has 0 bridgehead atoms. The molecule has 0 aliphatic rings. The molecule has 156 valence electrons. The van der Waals surface area contributed by atoms with Crippen molar-refractivity contribution in [2.75, 3.05) is 0 Å². The molecule has 6 heteroatoms. The summed E-state index contributed by atoms with van der Waals surface area (Å²) >= 11 is 0. The third-order valence-corrected chi connectivity index (χ3v) is 12.4. The largest absolute Gasteiger partial charge is 0.287 e. The second kappa shape index (κ2) is 8.45. The van der Waals surface area contributed by atoms with Crippen LogP contribution in [0.3, 0.4) is 0 Å². The van der Waals surface area contributed by atoms with Gasteiger partial charge in [0, 0.05) is 23.7 Å². The van der Waals surface area contributed by atoms with Crippen molar-refractivity contribution < 1.29 is 4.92 Å². The molecular weight excluding hydrogens is 390 g/mol. The molecule has 0 saturated carbocycles. The lowest BCUT2D eigenvalue weighted by Crippen LogP contribution is -2.43. The summed E-state index contributed by atoms with van der Waals surface area (Å²) in [6.45, 7) is 13.7. The Kier molecular flexibility index (Phi) is 6.13. The third-order valence-electron chi connectivity index (χ3n) is 6.15. The number of benzene rings is 1. The van der Waals surface area contributed by atoms with Crippen LogP contribution in [0.1, 0.15) is 47.2 Å². The molecule has 0 atom stereocenters. The lowest BCUT2D eigenvalue weighted by atomic mass is 10.2. The van der Waals surface area contributed by atoms with Gasteiger partial charge in [0.1, 0.15) is 13.9 Å². The van der Waals surface area contributed by atoms with Gasteiger partial charge in [-0.15, -0.1) is 5.54 Å². The summed E-state index contributed by atoms with van der Waals surface area (Å²) in [5.74, 6) is 4.26. The Morgan fingerprint density at radius 2 is 1.67 bits per heavy atom. The zero-order valence-corrected chi connectivity index (χ0v) is 19.5. The van der Waals surface area contributed by atoms with Gasteiger partial charge in [-0.05, 0) is 40.9 Å². The summed E-state index contributed by atoms with van der Waals surface area (Å²) in [7, 11) is -1.92. The first-order valence-corrected chi connectivity index (χ1v) is 12.7. The van der Waals surface area contributed by atoms with Gasteiger partial charge in [-0.2, -0.15) is 0 Å². The van der Waals surface area contributed by atoms with Crippen molar-refractivity contribution in [3.05, 3.63) is 64.5 Å². The fourth-order valence-electron chi connectivity index (χ4n) is 4.75. The van der Waals surface area contributed by atoms with Crippen LogP contribution in [0.15, 0.2) is 48.7 Å². The molecule has 2 heterocycles. The summed E-state index contributed by atoms with van der Waals surface area (Å²) in [4.78, 5) is 15.4. The van der Waals surface area contributed by atoms with Crippen LogP contribution in [0.4, 0.5) is 5.69 Å². The van der Waals surface area contributed by atoms with Gasteiger partial charge in [-0.3, -0.25) is 14.7 Å². The topological polar surface area (TPSA) is 61.0 Å². The summed E-state index contributed by atoms with van der Waals surface area (Å²) in [6, 6.07) is 12.6. The zero-order chi connectivity index (χ0) is 22.1. The van der Waals surface area contributed by atoms with Gasteiger partial charge in [-0.25, -0.2) is 4.98 Å². The van der Waals surface area contributed by atoms with E-state index in [1.165, 1.54) is 6.07 Å². The van der Waals surface area contributed by atoms with E-state index < -0.39 is 8.07 Å². The number of nitrogens with zero attached hydrogens (tertiary/aromatic N) is 3. The van der Waals surface area contributed by atoms with Gasteiger partial charge in [-0.1, -0.05) is 53.5 Å². The van der Waals surface area contributed by atoms with Crippen LogP contribution in [-0.4, -0.2) is 22.5 Å². The Bertz CT molecular complexity index is 1100. The van der Waals surface area contributed by atoms with Gasteiger partial charge < -0.3 is 0 Å². The smallest absolute Gasteiger partial charge is 0.270 e. The van der Waals surface area contributed by atoms with Crippen molar-refractivity contribution in [2.24, 2.45) is 0 Å². The van der Waals surface area contributed by atoms with Crippen molar-refractivity contribution in [3.63, 3.8) is 0 Å². The van der Waals surface area contributed by atoms with E-state index in [0.29, 0.717) is 16.6 Å². The van der Waals surface area contributed by atoms with E-state index >= 15 is 0 Å². The lowest BCUT2D eigenvalue weighted by molar-refractivity contribution is -0.384. The molecule has 5 nitrogen and oxygen atoms in total. The monoisotopic (exact) mass is 419 g/mol. The summed E-state index contributed by atoms with van der Waals surface area (Å²) in [6.07, 6.45) is 1.75. The Balaban J connectivity index is 2.28. The van der Waals surface area contributed by atoms with E-state index in [1.54, 1.807) is 18.3 Å². The molecule has 0 unspecified atom stereocenters. The van der Waals surface area contributed by atoms with Crippen molar-refractivity contribution in [1.82, 2.24) is 9.55 Å². The Morgan fingerprint density at radius 3 is 2.20 bits per heavy atom. The van der Waals surface area contributed by atoms with Crippen LogP contribution in [-0.2, 0) is 0 Å². The highest BCUT2D eigenvalue weighted by Crippen LogP contribution is 2.41. The average Bonchev–Trinajstić information content (AvgIpc) is 3.05. The number of fused-ring (bicyclic) bond motifs is 1. The second-order valence-electron chi connectivity index (χ2n) is 8.70. The van der Waals surface area contributed by atoms with Crippen LogP contribution in [0.25, 0.3) is 16.7 Å². The number of non-ortho nitro benzene ring substituents is 1. The number of hydrogen-bond donors (Lipinski definition) is 0. The van der Waals surface area contributed by atoms with Crippen LogP contribution in [0, 0.1) is 21.6 Å². The van der Waals surface area contributed by atoms with Gasteiger partial charge in [0.05, 0.1) is 16.1 Å². The number of rotatable bonds is 5. The maximum atomic E-state index is 11.3. The third kappa shape index (κ3) is 3.78. The van der Waals surface area contributed by atoms with E-state index in [-0.39, 0.29) is 10.6 Å². The van der Waals surface area contributed by atoms with E-state index in [2.05, 4.69) is 58.0 Å². The quantitative estimate of drug-likeness (QED) is 0.205. The summed E-state index contributed by atoms with van der Waals surface area (Å²) in [5, 5.41) is 12.0. The number of aromatic nitrogens is 2. The van der Waals surface area contributed by atoms with Crippen LogP contribution in [0.2, 0.25) is 16.6 Å². The molecule has 0 spiro atoms. The standard InChI is InChI=1S/C24H29N3O2Si/c1-17(2)30(18(3)4,19(5)6)14-12-21-15-20-16-22(27(28)29)10-11-23(20)26(21)24-9-7-8-13-25-24/h7-11,13,15-19H,1-6H3. The number of hydrogen-bond acceptors (Lipinski definition) is 3. The second-order valence-corrected chi connectivity index (χ2v) is 14.3. The maximum Gasteiger partial charge on any atom is 0.270 e. The van der Waals surface area contributed by atoms with E-state index in [1.807, 2.05) is 28.8 Å². The SMILES string of the molecule is CC(C)[Si](C#Cc1cc2cc([N+](=O)[O-])ccc2n1-c1ccccn1)(C(C)C)C(C)C. The number of pyridine rings is 1. The van der Waals surface area contributed by atoms with Crippen molar-refractivity contribution in [3.8, 4) is 17.3 Å². The fraction of sp³-hybridized carbons (Fsp3) is 0.375. The number of nitro benzene ring substituents is 1. The molecule has 0 aliphatic heterocycles. The highest BCUT2D eigenvalue weighted by Gasteiger charge is 2.41. The van der Waals surface area contributed by atoms with Crippen LogP contribution < -0.4 is 0 Å². The molecule has 30 heavy (non-hydrogen) atoms. The Hall–Kier alpha value is -2.91. The number of nitro groups is 1. The van der Waals surface area contributed by atoms with E-state index in [4.69, 9.17) is 0 Å². The van der Waals surface area contributed by atoms with Gasteiger partial charge in [0.15, 0.2) is 0 Å². The maximum absolute atomic E-state index is 11.3. The Labute approximate surface area is 179 Å². The van der Waals surface area contributed by atoms with Crippen molar-refractivity contribution in [2.45, 2.75) is 58.2 Å². The Morgan fingerprint density at radius 1 is 1.00 bits per heavy atom. The minimum Gasteiger partial charge on any atom is -0.287 e. The predicted molar refractivity (Wildman–Crippen MR) is 126 cm³/mol. The molecule has 0 saturated heterocycles. The van der Waals surface area contributed by atoms with Gasteiger partial charge >= 0.3 is 0 Å². The van der Waals surface area contributed by atoms with Crippen molar-refractivity contribution in [1.29, 1.82) is 0 Å². The molecule has 3 rings (SSSR count). The minimum atomic E-state index is -1.92. The summed E-state index contributed by atoms with van der Waals surface area (Å²) in [5.41, 5.74) is 7.11. The highest BCUT2D eigenvalue weighted by atomic mass is 28.3. The lowest BCUT2D eigenvalue weighted by Gasteiger charge is -2.38. The molecule has 3 aromatic rings. The molecule has 0 N–H and O–H groups in total. The van der Waals surface area contributed by atoms with E-state index in [9.17, 15) is 10.1 Å². The average molecular weight is 420 g/mol. The molecule has 0 aliphatic carbocycles. The summed E-state index contributed by atoms with van der Waals surface area (Å²) < 4.78 is 2.01. The molecular formula is C24H29N3O2Si. The predicted octanol–water partition coefficient (Wildman–Crippen LogP) is 6.50. The molecule has 1 aromatic carbocycles. The molecule has 2 aromatic heterocycles. The minimum absolute atomic E-state index is 0.0791. The zero-order valence-electron chi connectivity index (χ0n) is 18.5. The molecule has 0 amide bonds.